The highest BCUT2D eigenvalue weighted by Crippen LogP contribution is 2.11. The maximum absolute atomic E-state index is 11.7. The lowest BCUT2D eigenvalue weighted by atomic mass is 10.2. The first kappa shape index (κ1) is 10.6. The number of carbonyl (C=O) groups is 1. The number of aromatic nitrogens is 4. The lowest BCUT2D eigenvalue weighted by Crippen LogP contribution is -2.13. The molecule has 7 heteroatoms. The van der Waals surface area contributed by atoms with Crippen molar-refractivity contribution in [1.82, 2.24) is 20.2 Å². The van der Waals surface area contributed by atoms with E-state index in [0.29, 0.717) is 17.1 Å². The molecule has 0 fully saturated rings. The molecule has 0 aliphatic rings. The molecule has 2 N–H and O–H groups in total. The van der Waals surface area contributed by atoms with Gasteiger partial charge in [-0.3, -0.25) is 9.89 Å². The minimum absolute atomic E-state index is 0.272. The number of hydrogen-bond acceptors (Lipinski definition) is 4. The standard InChI is InChI=1S/C9H8ClN5O/c1-5-6(3-13-15-5)9(16)14-8-2-7(10)11-4-12-8/h2-4H,1H3,(H,13,15)(H,11,12,14,16). The number of carbonyl (C=O) groups excluding carboxylic acids is 1. The van der Waals surface area contributed by atoms with Crippen molar-refractivity contribution in [1.29, 1.82) is 0 Å². The summed E-state index contributed by atoms with van der Waals surface area (Å²) >= 11 is 5.66. The summed E-state index contributed by atoms with van der Waals surface area (Å²) in [5.74, 6) is 0.0617. The first-order valence-corrected chi connectivity index (χ1v) is 4.83. The van der Waals surface area contributed by atoms with E-state index in [9.17, 15) is 4.79 Å². The lowest BCUT2D eigenvalue weighted by Gasteiger charge is -2.02. The van der Waals surface area contributed by atoms with Crippen LogP contribution in [-0.4, -0.2) is 26.1 Å². The van der Waals surface area contributed by atoms with E-state index in [1.54, 1.807) is 6.92 Å². The van der Waals surface area contributed by atoms with Crippen LogP contribution >= 0.6 is 11.6 Å². The third-order valence-electron chi connectivity index (χ3n) is 1.95. The van der Waals surface area contributed by atoms with Crippen molar-refractivity contribution in [3.63, 3.8) is 0 Å². The Morgan fingerprint density at radius 3 is 2.94 bits per heavy atom. The van der Waals surface area contributed by atoms with Gasteiger partial charge in [-0.15, -0.1) is 0 Å². The van der Waals surface area contributed by atoms with Gasteiger partial charge in [0.25, 0.3) is 5.91 Å². The van der Waals surface area contributed by atoms with Crippen molar-refractivity contribution in [2.24, 2.45) is 0 Å². The average molecular weight is 238 g/mol. The number of amides is 1. The first-order chi connectivity index (χ1) is 7.66. The molecule has 0 aliphatic heterocycles. The molecule has 0 bridgehead atoms. The highest BCUT2D eigenvalue weighted by atomic mass is 35.5. The molecule has 16 heavy (non-hydrogen) atoms. The Balaban J connectivity index is 2.17. The highest BCUT2D eigenvalue weighted by molar-refractivity contribution is 6.29. The second-order valence-corrected chi connectivity index (χ2v) is 3.48. The molecule has 1 amide bonds. The molecule has 2 rings (SSSR count). The summed E-state index contributed by atoms with van der Waals surface area (Å²) < 4.78 is 0. The van der Waals surface area contributed by atoms with E-state index >= 15 is 0 Å². The predicted molar refractivity (Wildman–Crippen MR) is 58.3 cm³/mol. The molecule has 2 aromatic heterocycles. The molecule has 6 nitrogen and oxygen atoms in total. The molecule has 0 unspecified atom stereocenters. The topological polar surface area (TPSA) is 83.6 Å². The number of rotatable bonds is 2. The zero-order valence-electron chi connectivity index (χ0n) is 8.36. The molecule has 2 aromatic rings. The van der Waals surface area contributed by atoms with Crippen LogP contribution in [0.25, 0.3) is 0 Å². The summed E-state index contributed by atoms with van der Waals surface area (Å²) in [6.07, 6.45) is 2.73. The highest BCUT2D eigenvalue weighted by Gasteiger charge is 2.11. The van der Waals surface area contributed by atoms with Crippen LogP contribution in [-0.2, 0) is 0 Å². The summed E-state index contributed by atoms with van der Waals surface area (Å²) in [5.41, 5.74) is 1.16. The van der Waals surface area contributed by atoms with Crippen molar-refractivity contribution < 1.29 is 4.79 Å². The molecule has 0 saturated carbocycles. The van der Waals surface area contributed by atoms with Crippen molar-refractivity contribution in [3.8, 4) is 0 Å². The number of aryl methyl sites for hydroxylation is 1. The molecule has 0 atom stereocenters. The Kier molecular flexibility index (Phi) is 2.82. The predicted octanol–water partition coefficient (Wildman–Crippen LogP) is 1.41. The third-order valence-corrected chi connectivity index (χ3v) is 2.16. The number of nitrogens with zero attached hydrogens (tertiary/aromatic N) is 3. The molecule has 2 heterocycles. The van der Waals surface area contributed by atoms with Gasteiger partial charge in [-0.2, -0.15) is 5.10 Å². The molecule has 0 saturated heterocycles. The van der Waals surface area contributed by atoms with E-state index in [1.807, 2.05) is 0 Å². The Labute approximate surface area is 96.1 Å². The van der Waals surface area contributed by atoms with Crippen LogP contribution in [0.2, 0.25) is 5.15 Å². The fourth-order valence-corrected chi connectivity index (χ4v) is 1.31. The van der Waals surface area contributed by atoms with Crippen LogP contribution in [0.3, 0.4) is 0 Å². The largest absolute Gasteiger partial charge is 0.306 e. The first-order valence-electron chi connectivity index (χ1n) is 4.45. The van der Waals surface area contributed by atoms with Gasteiger partial charge in [0.15, 0.2) is 0 Å². The number of halogens is 1. The van der Waals surface area contributed by atoms with Gasteiger partial charge < -0.3 is 5.32 Å². The fraction of sp³-hybridized carbons (Fsp3) is 0.111. The number of hydrogen-bond donors (Lipinski definition) is 2. The lowest BCUT2D eigenvalue weighted by molar-refractivity contribution is 0.102. The Morgan fingerprint density at radius 2 is 2.31 bits per heavy atom. The SMILES string of the molecule is Cc1[nH]ncc1C(=O)Nc1cc(Cl)ncn1. The smallest absolute Gasteiger partial charge is 0.260 e. The second kappa shape index (κ2) is 4.28. The van der Waals surface area contributed by atoms with Gasteiger partial charge in [0.05, 0.1) is 11.8 Å². The zero-order chi connectivity index (χ0) is 11.5. The summed E-state index contributed by atoms with van der Waals surface area (Å²) in [7, 11) is 0. The van der Waals surface area contributed by atoms with E-state index in [-0.39, 0.29) is 11.1 Å². The maximum atomic E-state index is 11.7. The van der Waals surface area contributed by atoms with Gasteiger partial charge >= 0.3 is 0 Å². The molecule has 0 aromatic carbocycles. The van der Waals surface area contributed by atoms with Gasteiger partial charge in [0.1, 0.15) is 17.3 Å². The van der Waals surface area contributed by atoms with E-state index < -0.39 is 0 Å². The monoisotopic (exact) mass is 237 g/mol. The van der Waals surface area contributed by atoms with E-state index in [2.05, 4.69) is 25.5 Å². The molecule has 0 radical (unpaired) electrons. The van der Waals surface area contributed by atoms with Crippen LogP contribution < -0.4 is 5.32 Å². The van der Waals surface area contributed by atoms with Gasteiger partial charge in [-0.25, -0.2) is 9.97 Å². The molecular formula is C9H8ClN5O. The van der Waals surface area contributed by atoms with Crippen LogP contribution in [0.1, 0.15) is 16.1 Å². The number of anilines is 1. The molecule has 0 aliphatic carbocycles. The number of nitrogens with one attached hydrogen (secondary N) is 2. The number of aromatic amines is 1. The summed E-state index contributed by atoms with van der Waals surface area (Å²) in [6.45, 7) is 1.76. The quantitative estimate of drug-likeness (QED) is 0.774. The normalized spacial score (nSPS) is 10.1. The minimum Gasteiger partial charge on any atom is -0.306 e. The van der Waals surface area contributed by atoms with Gasteiger partial charge in [-0.1, -0.05) is 11.6 Å². The van der Waals surface area contributed by atoms with Crippen LogP contribution in [0.15, 0.2) is 18.6 Å². The van der Waals surface area contributed by atoms with Gasteiger partial charge in [0, 0.05) is 11.8 Å². The van der Waals surface area contributed by atoms with E-state index in [4.69, 9.17) is 11.6 Å². The van der Waals surface area contributed by atoms with Crippen molar-refractivity contribution in [2.45, 2.75) is 6.92 Å². The van der Waals surface area contributed by atoms with E-state index in [0.717, 1.165) is 0 Å². The molecule has 0 spiro atoms. The fourth-order valence-electron chi connectivity index (χ4n) is 1.17. The van der Waals surface area contributed by atoms with Crippen LogP contribution in [0.4, 0.5) is 5.82 Å². The number of H-pyrrole nitrogens is 1. The third kappa shape index (κ3) is 2.17. The van der Waals surface area contributed by atoms with Gasteiger partial charge in [0.2, 0.25) is 0 Å². The van der Waals surface area contributed by atoms with Crippen molar-refractivity contribution >= 4 is 23.3 Å². The zero-order valence-corrected chi connectivity index (χ0v) is 9.12. The Hall–Kier alpha value is -1.95. The molecule has 82 valence electrons. The second-order valence-electron chi connectivity index (χ2n) is 3.09. The Bertz CT molecular complexity index is 524. The van der Waals surface area contributed by atoms with Gasteiger partial charge in [-0.05, 0) is 6.92 Å². The maximum Gasteiger partial charge on any atom is 0.260 e. The average Bonchev–Trinajstić information content (AvgIpc) is 2.64. The Morgan fingerprint density at radius 1 is 1.50 bits per heavy atom. The van der Waals surface area contributed by atoms with E-state index in [1.165, 1.54) is 18.6 Å². The summed E-state index contributed by atoms with van der Waals surface area (Å²) in [5, 5.41) is 9.30. The van der Waals surface area contributed by atoms with Crippen molar-refractivity contribution in [2.75, 3.05) is 5.32 Å². The van der Waals surface area contributed by atoms with Crippen LogP contribution in [0.5, 0.6) is 0 Å². The minimum atomic E-state index is -0.291. The summed E-state index contributed by atoms with van der Waals surface area (Å²) in [4.78, 5) is 19.3. The molecular weight excluding hydrogens is 230 g/mol. The van der Waals surface area contributed by atoms with Crippen LogP contribution in [0, 0.1) is 6.92 Å². The summed E-state index contributed by atoms with van der Waals surface area (Å²) in [6, 6.07) is 1.47. The van der Waals surface area contributed by atoms with Crippen molar-refractivity contribution in [3.05, 3.63) is 35.0 Å².